The molecule has 4 nitrogen and oxygen atoms in total. The van der Waals surface area contributed by atoms with E-state index in [1.165, 1.54) is 0 Å². The summed E-state index contributed by atoms with van der Waals surface area (Å²) in [5.41, 5.74) is 0.285. The van der Waals surface area contributed by atoms with Gasteiger partial charge in [0.2, 0.25) is 0 Å². The third-order valence-electron chi connectivity index (χ3n) is 4.97. The Hall–Kier alpha value is -2.20. The van der Waals surface area contributed by atoms with E-state index < -0.39 is 11.0 Å². The van der Waals surface area contributed by atoms with Gasteiger partial charge in [-0.1, -0.05) is 55.4 Å². The number of carbonyl (C=O) groups is 1. The molecule has 1 atom stereocenters. The Kier molecular flexibility index (Phi) is 2.94. The van der Waals surface area contributed by atoms with Crippen molar-refractivity contribution in [3.05, 3.63) is 64.6 Å². The van der Waals surface area contributed by atoms with Crippen LogP contribution in [0.5, 0.6) is 0 Å². The Morgan fingerprint density at radius 3 is 2.64 bits per heavy atom. The van der Waals surface area contributed by atoms with Gasteiger partial charge in [-0.3, -0.25) is 4.79 Å². The fourth-order valence-corrected chi connectivity index (χ4v) is 3.09. The first-order chi connectivity index (χ1) is 10.2. The van der Waals surface area contributed by atoms with Crippen molar-refractivity contribution < 1.29 is 14.4 Å². The first-order valence-corrected chi connectivity index (χ1v) is 7.22. The van der Waals surface area contributed by atoms with Gasteiger partial charge in [0.1, 0.15) is 17.1 Å². The van der Waals surface area contributed by atoms with Crippen molar-refractivity contribution in [2.24, 2.45) is 5.41 Å². The zero-order valence-corrected chi connectivity index (χ0v) is 13.2. The molecule has 4 heteroatoms. The number of hydrogen-bond donors (Lipinski definition) is 1. The van der Waals surface area contributed by atoms with Crippen molar-refractivity contribution in [1.29, 1.82) is 0 Å². The highest BCUT2D eigenvalue weighted by Crippen LogP contribution is 2.53. The second kappa shape index (κ2) is 4.40. The van der Waals surface area contributed by atoms with Crippen LogP contribution >= 0.6 is 0 Å². The maximum absolute atomic E-state index is 12.7. The molecule has 1 aromatic carbocycles. The molecule has 0 saturated carbocycles. The number of nitrogens with zero attached hydrogens (tertiary/aromatic N) is 1. The second-order valence-corrected chi connectivity index (χ2v) is 6.45. The maximum Gasteiger partial charge on any atom is 0.199 e. The van der Waals surface area contributed by atoms with Crippen LogP contribution in [0, 0.1) is 12.3 Å². The van der Waals surface area contributed by atoms with Crippen LogP contribution in [0.2, 0.25) is 0 Å². The highest BCUT2D eigenvalue weighted by Gasteiger charge is 2.55. The Morgan fingerprint density at radius 2 is 2.00 bits per heavy atom. The predicted octanol–water partition coefficient (Wildman–Crippen LogP) is 3.37. The average molecular weight is 297 g/mol. The molecule has 0 spiro atoms. The second-order valence-electron chi connectivity index (χ2n) is 6.45. The lowest BCUT2D eigenvalue weighted by Gasteiger charge is -2.45. The van der Waals surface area contributed by atoms with Gasteiger partial charge in [0.05, 0.1) is 5.56 Å². The number of rotatable bonds is 2. The smallest absolute Gasteiger partial charge is 0.199 e. The van der Waals surface area contributed by atoms with Gasteiger partial charge in [-0.15, -0.1) is 0 Å². The molecule has 22 heavy (non-hydrogen) atoms. The van der Waals surface area contributed by atoms with Crippen molar-refractivity contribution in [2.45, 2.75) is 33.3 Å². The van der Waals surface area contributed by atoms with E-state index >= 15 is 0 Å². The van der Waals surface area contributed by atoms with Crippen molar-refractivity contribution >= 4 is 5.78 Å². The number of aromatic nitrogens is 1. The normalized spacial score (nSPS) is 20.5. The molecule has 0 bridgehead atoms. The van der Waals surface area contributed by atoms with E-state index in [4.69, 9.17) is 4.52 Å². The third-order valence-corrected chi connectivity index (χ3v) is 4.97. The van der Waals surface area contributed by atoms with Gasteiger partial charge in [0, 0.05) is 16.5 Å². The highest BCUT2D eigenvalue weighted by molar-refractivity contribution is 6.13. The Bertz CT molecular complexity index is 800. The molecule has 1 aliphatic carbocycles. The Balaban J connectivity index is 2.44. The number of carbonyl (C=O) groups excluding carboxylic acids is 1. The summed E-state index contributed by atoms with van der Waals surface area (Å²) in [5, 5.41) is 15.7. The molecule has 1 unspecified atom stereocenters. The topological polar surface area (TPSA) is 63.3 Å². The van der Waals surface area contributed by atoms with Crippen LogP contribution in [0.3, 0.4) is 0 Å². The summed E-state index contributed by atoms with van der Waals surface area (Å²) >= 11 is 0. The number of aliphatic hydroxyl groups is 1. The number of aryl methyl sites for hydroxylation is 1. The minimum atomic E-state index is -1.46. The van der Waals surface area contributed by atoms with Crippen molar-refractivity contribution in [3.8, 4) is 0 Å². The molecule has 114 valence electrons. The summed E-state index contributed by atoms with van der Waals surface area (Å²) in [4.78, 5) is 12.7. The molecular formula is C18H19NO3. The van der Waals surface area contributed by atoms with Crippen LogP contribution in [0.15, 0.2) is 40.9 Å². The largest absolute Gasteiger partial charge is 0.378 e. The van der Waals surface area contributed by atoms with Crippen LogP contribution in [-0.2, 0) is 5.60 Å². The summed E-state index contributed by atoms with van der Waals surface area (Å²) in [6.07, 6.45) is 0. The molecule has 1 heterocycles. The molecule has 2 aromatic rings. The number of fused-ring (bicyclic) bond motifs is 2. The van der Waals surface area contributed by atoms with Crippen molar-refractivity contribution in [3.63, 3.8) is 0 Å². The van der Waals surface area contributed by atoms with Crippen molar-refractivity contribution in [2.75, 3.05) is 0 Å². The first kappa shape index (κ1) is 14.7. The maximum atomic E-state index is 12.7. The van der Waals surface area contributed by atoms with Crippen LogP contribution in [0.1, 0.15) is 53.7 Å². The highest BCUT2D eigenvalue weighted by atomic mass is 16.5. The summed E-state index contributed by atoms with van der Waals surface area (Å²) in [7, 11) is 0. The Labute approximate surface area is 129 Å². The fraction of sp³-hybridized carbons (Fsp3) is 0.333. The Morgan fingerprint density at radius 1 is 1.36 bits per heavy atom. The van der Waals surface area contributed by atoms with E-state index in [-0.39, 0.29) is 11.5 Å². The van der Waals surface area contributed by atoms with Crippen molar-refractivity contribution in [1.82, 2.24) is 5.16 Å². The monoisotopic (exact) mass is 297 g/mol. The summed E-state index contributed by atoms with van der Waals surface area (Å²) in [6, 6.07) is 7.10. The predicted molar refractivity (Wildman–Crippen MR) is 82.7 cm³/mol. The van der Waals surface area contributed by atoms with Crippen LogP contribution < -0.4 is 0 Å². The SMILES string of the molecule is C=C(C)C(C)(C)C1(O)c2ccccc2C(=O)c2c1noc2C. The lowest BCUT2D eigenvalue weighted by atomic mass is 9.61. The molecule has 0 aliphatic heterocycles. The lowest BCUT2D eigenvalue weighted by Crippen LogP contribution is -2.48. The average Bonchev–Trinajstić information content (AvgIpc) is 2.87. The van der Waals surface area contributed by atoms with Crippen LogP contribution in [0.4, 0.5) is 0 Å². The van der Waals surface area contributed by atoms with E-state index in [1.54, 1.807) is 25.1 Å². The number of hydrogen-bond acceptors (Lipinski definition) is 4. The molecule has 1 aliphatic rings. The molecule has 0 radical (unpaired) electrons. The van der Waals surface area contributed by atoms with Gasteiger partial charge >= 0.3 is 0 Å². The standard InChI is InChI=1S/C18H19NO3/c1-10(2)17(4,5)18(21)13-9-7-6-8-12(13)15(20)14-11(3)22-19-16(14)18/h6-9,21H,1H2,2-5H3. The number of ketones is 1. The molecule has 3 rings (SSSR count). The minimum absolute atomic E-state index is 0.161. The van der Waals surface area contributed by atoms with E-state index in [9.17, 15) is 9.90 Å². The molecular weight excluding hydrogens is 278 g/mol. The van der Waals surface area contributed by atoms with E-state index in [0.717, 1.165) is 5.57 Å². The van der Waals surface area contributed by atoms with Gasteiger partial charge in [-0.05, 0) is 13.8 Å². The van der Waals surface area contributed by atoms with Crippen LogP contribution in [-0.4, -0.2) is 16.0 Å². The first-order valence-electron chi connectivity index (χ1n) is 7.22. The lowest BCUT2D eigenvalue weighted by molar-refractivity contribution is -0.0236. The van der Waals surface area contributed by atoms with Gasteiger partial charge < -0.3 is 9.63 Å². The van der Waals surface area contributed by atoms with E-state index in [2.05, 4.69) is 11.7 Å². The van der Waals surface area contributed by atoms with E-state index in [0.29, 0.717) is 22.5 Å². The quantitative estimate of drug-likeness (QED) is 0.863. The van der Waals surface area contributed by atoms with E-state index in [1.807, 2.05) is 26.8 Å². The number of benzene rings is 1. The molecule has 1 aromatic heterocycles. The fourth-order valence-electron chi connectivity index (χ4n) is 3.09. The third kappa shape index (κ3) is 1.56. The zero-order chi connectivity index (χ0) is 16.3. The van der Waals surface area contributed by atoms with Gasteiger partial charge in [-0.25, -0.2) is 0 Å². The molecule has 1 N–H and O–H groups in total. The van der Waals surface area contributed by atoms with Gasteiger partial charge in [-0.2, -0.15) is 0 Å². The van der Waals surface area contributed by atoms with Gasteiger partial charge in [0.25, 0.3) is 0 Å². The summed E-state index contributed by atoms with van der Waals surface area (Å²) < 4.78 is 5.23. The summed E-state index contributed by atoms with van der Waals surface area (Å²) in [5.74, 6) is 0.261. The van der Waals surface area contributed by atoms with Crippen LogP contribution in [0.25, 0.3) is 0 Å². The molecule has 0 amide bonds. The van der Waals surface area contributed by atoms with Gasteiger partial charge in [0.15, 0.2) is 5.78 Å². The summed E-state index contributed by atoms with van der Waals surface area (Å²) in [6.45, 7) is 11.4. The minimum Gasteiger partial charge on any atom is -0.378 e. The molecule has 0 fully saturated rings. The zero-order valence-electron chi connectivity index (χ0n) is 13.2. The molecule has 0 saturated heterocycles.